The average molecular weight is 284 g/mol. The summed E-state index contributed by atoms with van der Waals surface area (Å²) in [6.45, 7) is 2.65. The Bertz CT molecular complexity index is 537. The Morgan fingerprint density at radius 2 is 2.15 bits per heavy atom. The maximum absolute atomic E-state index is 12.8. The summed E-state index contributed by atoms with van der Waals surface area (Å²) in [5.41, 5.74) is -0.164. The van der Waals surface area contributed by atoms with Gasteiger partial charge in [0.25, 0.3) is 0 Å². The summed E-state index contributed by atoms with van der Waals surface area (Å²) >= 11 is 0. The molecule has 108 valence electrons. The minimum absolute atomic E-state index is 0.431. The molecular weight excluding hydrogens is 269 g/mol. The van der Waals surface area contributed by atoms with Crippen LogP contribution in [0.1, 0.15) is 36.3 Å². The van der Waals surface area contributed by atoms with E-state index in [-0.39, 0.29) is 0 Å². The largest absolute Gasteiger partial charge is 0.416 e. The van der Waals surface area contributed by atoms with Crippen LogP contribution in [-0.2, 0) is 6.18 Å². The van der Waals surface area contributed by atoms with Gasteiger partial charge in [-0.15, -0.1) is 0 Å². The Hall–Kier alpha value is -1.89. The summed E-state index contributed by atoms with van der Waals surface area (Å²) in [6, 6.07) is 4.80. The Morgan fingerprint density at radius 1 is 1.35 bits per heavy atom. The van der Waals surface area contributed by atoms with Crippen molar-refractivity contribution >= 4 is 0 Å². The van der Waals surface area contributed by atoms with E-state index in [1.807, 2.05) is 6.92 Å². The van der Waals surface area contributed by atoms with E-state index in [0.29, 0.717) is 17.9 Å². The fourth-order valence-electron chi connectivity index (χ4n) is 1.91. The zero-order chi connectivity index (χ0) is 14.6. The predicted molar refractivity (Wildman–Crippen MR) is 68.0 cm³/mol. The number of nitrogens with one attached hydrogen (secondary N) is 2. The predicted octanol–water partition coefficient (Wildman–Crippen LogP) is 2.91. The minimum atomic E-state index is -4.35. The first-order valence-electron chi connectivity index (χ1n) is 6.28. The van der Waals surface area contributed by atoms with Gasteiger partial charge in [0.2, 0.25) is 0 Å². The van der Waals surface area contributed by atoms with Crippen molar-refractivity contribution in [2.24, 2.45) is 0 Å². The second kappa shape index (κ2) is 6.04. The van der Waals surface area contributed by atoms with Crippen molar-refractivity contribution in [3.05, 3.63) is 47.5 Å². The second-order valence-electron chi connectivity index (χ2n) is 4.38. The van der Waals surface area contributed by atoms with E-state index in [4.69, 9.17) is 0 Å². The van der Waals surface area contributed by atoms with E-state index in [1.54, 1.807) is 6.07 Å². The van der Waals surface area contributed by atoms with E-state index in [0.717, 1.165) is 18.6 Å². The molecule has 4 nitrogen and oxygen atoms in total. The maximum Gasteiger partial charge on any atom is 0.416 e. The quantitative estimate of drug-likeness (QED) is 0.887. The number of aromatic amines is 1. The van der Waals surface area contributed by atoms with E-state index >= 15 is 0 Å². The van der Waals surface area contributed by atoms with Crippen LogP contribution in [0.2, 0.25) is 0 Å². The van der Waals surface area contributed by atoms with Gasteiger partial charge >= 0.3 is 6.18 Å². The highest BCUT2D eigenvalue weighted by molar-refractivity contribution is 5.31. The Kier molecular flexibility index (Phi) is 4.39. The number of rotatable bonds is 5. The zero-order valence-electron chi connectivity index (χ0n) is 10.9. The van der Waals surface area contributed by atoms with Crippen molar-refractivity contribution in [2.75, 3.05) is 6.54 Å². The van der Waals surface area contributed by atoms with E-state index in [2.05, 4.69) is 20.5 Å². The van der Waals surface area contributed by atoms with Gasteiger partial charge in [0.05, 0.1) is 11.6 Å². The molecule has 0 bridgehead atoms. The number of benzene rings is 1. The van der Waals surface area contributed by atoms with Crippen molar-refractivity contribution in [1.82, 2.24) is 20.5 Å². The second-order valence-corrected chi connectivity index (χ2v) is 4.38. The first-order valence-corrected chi connectivity index (χ1v) is 6.28. The van der Waals surface area contributed by atoms with Crippen molar-refractivity contribution in [3.63, 3.8) is 0 Å². The SMILES string of the molecule is CCCNC(c1cccc(C(F)(F)F)c1)c1ncn[nH]1. The monoisotopic (exact) mass is 284 g/mol. The molecule has 0 fully saturated rings. The number of H-pyrrole nitrogens is 1. The van der Waals surface area contributed by atoms with Gasteiger partial charge in [0, 0.05) is 0 Å². The number of hydrogen-bond donors (Lipinski definition) is 2. The number of nitrogens with zero attached hydrogens (tertiary/aromatic N) is 2. The van der Waals surface area contributed by atoms with Crippen LogP contribution < -0.4 is 5.32 Å². The van der Waals surface area contributed by atoms with Crippen LogP contribution >= 0.6 is 0 Å². The van der Waals surface area contributed by atoms with Gasteiger partial charge in [-0.25, -0.2) is 4.98 Å². The van der Waals surface area contributed by atoms with Crippen LogP contribution in [-0.4, -0.2) is 21.7 Å². The third-order valence-electron chi connectivity index (χ3n) is 2.85. The molecule has 0 saturated heterocycles. The summed E-state index contributed by atoms with van der Waals surface area (Å²) in [5.74, 6) is 0.498. The molecule has 1 aromatic heterocycles. The lowest BCUT2D eigenvalue weighted by molar-refractivity contribution is -0.137. The van der Waals surface area contributed by atoms with E-state index in [9.17, 15) is 13.2 Å². The normalized spacial score (nSPS) is 13.4. The van der Waals surface area contributed by atoms with Crippen LogP contribution in [0.5, 0.6) is 0 Å². The minimum Gasteiger partial charge on any atom is -0.304 e. The molecule has 0 aliphatic carbocycles. The molecule has 1 atom stereocenters. The van der Waals surface area contributed by atoms with E-state index in [1.165, 1.54) is 12.4 Å². The van der Waals surface area contributed by atoms with Crippen LogP contribution in [0.15, 0.2) is 30.6 Å². The van der Waals surface area contributed by atoms with Gasteiger partial charge in [0.15, 0.2) is 0 Å². The lowest BCUT2D eigenvalue weighted by Gasteiger charge is -2.18. The molecule has 0 aliphatic heterocycles. The Labute approximate surface area is 114 Å². The van der Waals surface area contributed by atoms with Crippen molar-refractivity contribution in [2.45, 2.75) is 25.6 Å². The standard InChI is InChI=1S/C13H15F3N4/c1-2-6-17-11(12-18-8-19-20-12)9-4-3-5-10(7-9)13(14,15)16/h3-5,7-8,11,17H,2,6H2,1H3,(H,18,19,20). The van der Waals surface area contributed by atoms with Crippen molar-refractivity contribution < 1.29 is 13.2 Å². The molecule has 1 heterocycles. The molecule has 0 radical (unpaired) electrons. The third-order valence-corrected chi connectivity index (χ3v) is 2.85. The zero-order valence-corrected chi connectivity index (χ0v) is 10.9. The first-order chi connectivity index (χ1) is 9.52. The molecule has 1 aromatic carbocycles. The molecule has 0 spiro atoms. The third kappa shape index (κ3) is 3.36. The fourth-order valence-corrected chi connectivity index (χ4v) is 1.91. The molecule has 0 saturated carbocycles. The summed E-state index contributed by atoms with van der Waals surface area (Å²) in [7, 11) is 0. The lowest BCUT2D eigenvalue weighted by atomic mass is 10.0. The summed E-state index contributed by atoms with van der Waals surface area (Å²) in [6.07, 6.45) is -2.15. The van der Waals surface area contributed by atoms with Gasteiger partial charge in [-0.3, -0.25) is 5.10 Å². The highest BCUT2D eigenvalue weighted by Gasteiger charge is 2.31. The fraction of sp³-hybridized carbons (Fsp3) is 0.385. The molecule has 0 amide bonds. The maximum atomic E-state index is 12.8. The number of aromatic nitrogens is 3. The number of halogens is 3. The topological polar surface area (TPSA) is 53.6 Å². The van der Waals surface area contributed by atoms with Crippen molar-refractivity contribution in [3.8, 4) is 0 Å². The molecule has 1 unspecified atom stereocenters. The lowest BCUT2D eigenvalue weighted by Crippen LogP contribution is -2.24. The van der Waals surface area contributed by atoms with Gasteiger partial charge in [-0.2, -0.15) is 18.3 Å². The number of alkyl halides is 3. The highest BCUT2D eigenvalue weighted by Crippen LogP contribution is 2.31. The molecule has 2 N–H and O–H groups in total. The summed E-state index contributed by atoms with van der Waals surface area (Å²) < 4.78 is 38.3. The van der Waals surface area contributed by atoms with Crippen LogP contribution in [0.4, 0.5) is 13.2 Å². The molecule has 2 rings (SSSR count). The summed E-state index contributed by atoms with van der Waals surface area (Å²) in [5, 5.41) is 9.61. The number of hydrogen-bond acceptors (Lipinski definition) is 3. The van der Waals surface area contributed by atoms with Gasteiger partial charge in [-0.1, -0.05) is 19.1 Å². The molecular formula is C13H15F3N4. The summed E-state index contributed by atoms with van der Waals surface area (Å²) in [4.78, 5) is 4.03. The van der Waals surface area contributed by atoms with Gasteiger partial charge in [0.1, 0.15) is 12.2 Å². The molecule has 20 heavy (non-hydrogen) atoms. The Balaban J connectivity index is 2.34. The van der Waals surface area contributed by atoms with Crippen molar-refractivity contribution in [1.29, 1.82) is 0 Å². The van der Waals surface area contributed by atoms with Crippen LogP contribution in [0.25, 0.3) is 0 Å². The average Bonchev–Trinajstić information content (AvgIpc) is 2.92. The van der Waals surface area contributed by atoms with Crippen LogP contribution in [0, 0.1) is 0 Å². The van der Waals surface area contributed by atoms with Gasteiger partial charge < -0.3 is 5.32 Å². The first kappa shape index (κ1) is 14.5. The van der Waals surface area contributed by atoms with Gasteiger partial charge in [-0.05, 0) is 30.7 Å². The Morgan fingerprint density at radius 3 is 2.75 bits per heavy atom. The van der Waals surface area contributed by atoms with E-state index < -0.39 is 17.8 Å². The molecule has 0 aliphatic rings. The smallest absolute Gasteiger partial charge is 0.304 e. The highest BCUT2D eigenvalue weighted by atomic mass is 19.4. The molecule has 2 aromatic rings. The van der Waals surface area contributed by atoms with Crippen LogP contribution in [0.3, 0.4) is 0 Å². The molecule has 7 heteroatoms.